The molecule has 0 heterocycles. The van der Waals surface area contributed by atoms with Crippen LogP contribution in [0.1, 0.15) is 36.8 Å². The topological polar surface area (TPSA) is 12.5 Å². The molecule has 2 aromatic rings. The molecule has 0 aliphatic heterocycles. The van der Waals surface area contributed by atoms with Crippen LogP contribution in [-0.2, 0) is 6.42 Å². The molecule has 0 amide bonds. The van der Waals surface area contributed by atoms with E-state index < -0.39 is 0 Å². The van der Waals surface area contributed by atoms with E-state index in [0.29, 0.717) is 5.92 Å². The lowest BCUT2D eigenvalue weighted by Gasteiger charge is -2.21. The van der Waals surface area contributed by atoms with Gasteiger partial charge in [-0.05, 0) is 63.0 Å². The molecule has 23 heavy (non-hydrogen) atoms. The molecule has 1 unspecified atom stereocenters. The minimum atomic E-state index is 0.518. The predicted molar refractivity (Wildman–Crippen MR) is 98.3 cm³/mol. The molecule has 2 heteroatoms. The maximum Gasteiger partial charge on any atom is 0.122 e. The van der Waals surface area contributed by atoms with Crippen molar-refractivity contribution in [1.29, 1.82) is 0 Å². The number of nitrogens with zero attached hydrogens (tertiary/aromatic N) is 1. The van der Waals surface area contributed by atoms with Crippen molar-refractivity contribution in [3.8, 4) is 5.75 Å². The average molecular weight is 311 g/mol. The lowest BCUT2D eigenvalue weighted by molar-refractivity contribution is 0.312. The van der Waals surface area contributed by atoms with Crippen molar-refractivity contribution in [3.63, 3.8) is 0 Å². The van der Waals surface area contributed by atoms with Crippen LogP contribution < -0.4 is 4.74 Å². The van der Waals surface area contributed by atoms with Gasteiger partial charge in [0.25, 0.3) is 0 Å². The molecule has 0 aromatic heterocycles. The maximum absolute atomic E-state index is 5.94. The van der Waals surface area contributed by atoms with Gasteiger partial charge in [0.05, 0.1) is 6.61 Å². The molecule has 124 valence electrons. The molecule has 2 rings (SSSR count). The van der Waals surface area contributed by atoms with E-state index in [1.54, 1.807) is 0 Å². The van der Waals surface area contributed by atoms with Crippen LogP contribution in [0.3, 0.4) is 0 Å². The number of benzene rings is 2. The highest BCUT2D eigenvalue weighted by molar-refractivity contribution is 5.35. The van der Waals surface area contributed by atoms with Gasteiger partial charge in [-0.3, -0.25) is 0 Å². The van der Waals surface area contributed by atoms with Crippen molar-refractivity contribution in [2.45, 2.75) is 32.1 Å². The largest absolute Gasteiger partial charge is 0.493 e. The van der Waals surface area contributed by atoms with Gasteiger partial charge in [-0.1, -0.05) is 55.5 Å². The second-order valence-corrected chi connectivity index (χ2v) is 6.36. The average Bonchev–Trinajstić information content (AvgIpc) is 2.58. The molecular weight excluding hydrogens is 282 g/mol. The van der Waals surface area contributed by atoms with Crippen molar-refractivity contribution < 1.29 is 4.74 Å². The Morgan fingerprint density at radius 1 is 0.957 bits per heavy atom. The standard InChI is InChI=1S/C21H29NO/c1-4-16-23-21-13-9-8-12-20(21)17-19(14-15-22(2)3)18-10-6-5-7-11-18/h5-13,19H,4,14-17H2,1-3H3. The van der Waals surface area contributed by atoms with Crippen molar-refractivity contribution in [3.05, 3.63) is 65.7 Å². The third kappa shape index (κ3) is 5.72. The van der Waals surface area contributed by atoms with Crippen LogP contribution in [0.5, 0.6) is 5.75 Å². The number of para-hydroxylation sites is 1. The van der Waals surface area contributed by atoms with E-state index >= 15 is 0 Å². The Kier molecular flexibility index (Phi) is 7.15. The molecule has 0 saturated heterocycles. The fraction of sp³-hybridized carbons (Fsp3) is 0.429. The van der Waals surface area contributed by atoms with Gasteiger partial charge in [-0.15, -0.1) is 0 Å². The number of rotatable bonds is 9. The summed E-state index contributed by atoms with van der Waals surface area (Å²) in [6, 6.07) is 19.3. The summed E-state index contributed by atoms with van der Waals surface area (Å²) in [5.74, 6) is 1.56. The highest BCUT2D eigenvalue weighted by atomic mass is 16.5. The van der Waals surface area contributed by atoms with Gasteiger partial charge in [0.15, 0.2) is 0 Å². The third-order valence-electron chi connectivity index (χ3n) is 4.10. The molecule has 0 aliphatic rings. The quantitative estimate of drug-likeness (QED) is 0.662. The molecule has 0 radical (unpaired) electrons. The van der Waals surface area contributed by atoms with Crippen molar-refractivity contribution in [1.82, 2.24) is 4.90 Å². The van der Waals surface area contributed by atoms with E-state index in [1.807, 2.05) is 0 Å². The van der Waals surface area contributed by atoms with Gasteiger partial charge in [-0.2, -0.15) is 0 Å². The fourth-order valence-electron chi connectivity index (χ4n) is 2.82. The van der Waals surface area contributed by atoms with Gasteiger partial charge < -0.3 is 9.64 Å². The van der Waals surface area contributed by atoms with Crippen LogP contribution >= 0.6 is 0 Å². The van der Waals surface area contributed by atoms with Crippen LogP contribution in [-0.4, -0.2) is 32.1 Å². The molecule has 0 fully saturated rings. The minimum absolute atomic E-state index is 0.518. The minimum Gasteiger partial charge on any atom is -0.493 e. The molecule has 2 nitrogen and oxygen atoms in total. The summed E-state index contributed by atoms with van der Waals surface area (Å²) < 4.78 is 5.94. The summed E-state index contributed by atoms with van der Waals surface area (Å²) in [5, 5.41) is 0. The maximum atomic E-state index is 5.94. The van der Waals surface area contributed by atoms with Gasteiger partial charge in [-0.25, -0.2) is 0 Å². The summed E-state index contributed by atoms with van der Waals surface area (Å²) in [4.78, 5) is 2.26. The zero-order valence-electron chi connectivity index (χ0n) is 14.7. The van der Waals surface area contributed by atoms with Crippen molar-refractivity contribution in [2.24, 2.45) is 0 Å². The van der Waals surface area contributed by atoms with Crippen LogP contribution in [0, 0.1) is 0 Å². The Labute approximate surface area is 141 Å². The highest BCUT2D eigenvalue weighted by Crippen LogP contribution is 2.29. The zero-order chi connectivity index (χ0) is 16.5. The summed E-state index contributed by atoms with van der Waals surface area (Å²) in [7, 11) is 4.28. The van der Waals surface area contributed by atoms with E-state index in [-0.39, 0.29) is 0 Å². The van der Waals surface area contributed by atoms with Crippen LogP contribution in [0.2, 0.25) is 0 Å². The Hall–Kier alpha value is -1.80. The Morgan fingerprint density at radius 3 is 2.35 bits per heavy atom. The SMILES string of the molecule is CCCOc1ccccc1CC(CCN(C)C)c1ccccc1. The molecule has 0 bridgehead atoms. The lowest BCUT2D eigenvalue weighted by Crippen LogP contribution is -2.17. The monoisotopic (exact) mass is 311 g/mol. The first-order valence-electron chi connectivity index (χ1n) is 8.61. The smallest absolute Gasteiger partial charge is 0.122 e. The molecule has 0 spiro atoms. The molecule has 0 N–H and O–H groups in total. The predicted octanol–water partition coefficient (Wildman–Crippen LogP) is 4.75. The highest BCUT2D eigenvalue weighted by Gasteiger charge is 2.15. The lowest BCUT2D eigenvalue weighted by atomic mass is 9.89. The van der Waals surface area contributed by atoms with Crippen LogP contribution in [0.25, 0.3) is 0 Å². The van der Waals surface area contributed by atoms with Gasteiger partial charge >= 0.3 is 0 Å². The summed E-state index contributed by atoms with van der Waals surface area (Å²) >= 11 is 0. The Morgan fingerprint density at radius 2 is 1.65 bits per heavy atom. The number of hydrogen-bond acceptors (Lipinski definition) is 2. The zero-order valence-corrected chi connectivity index (χ0v) is 14.7. The van der Waals surface area contributed by atoms with Crippen LogP contribution in [0.15, 0.2) is 54.6 Å². The summed E-state index contributed by atoms with van der Waals surface area (Å²) in [6.07, 6.45) is 3.22. The van der Waals surface area contributed by atoms with Gasteiger partial charge in [0.1, 0.15) is 5.75 Å². The molecule has 1 atom stereocenters. The van der Waals surface area contributed by atoms with E-state index in [1.165, 1.54) is 11.1 Å². The normalized spacial score (nSPS) is 12.3. The van der Waals surface area contributed by atoms with E-state index in [2.05, 4.69) is 80.5 Å². The van der Waals surface area contributed by atoms with Gasteiger partial charge in [0.2, 0.25) is 0 Å². The summed E-state index contributed by atoms with van der Waals surface area (Å²) in [5.41, 5.74) is 2.73. The first-order chi connectivity index (χ1) is 11.2. The Balaban J connectivity index is 2.17. The van der Waals surface area contributed by atoms with Crippen molar-refractivity contribution in [2.75, 3.05) is 27.2 Å². The first-order valence-corrected chi connectivity index (χ1v) is 8.61. The van der Waals surface area contributed by atoms with Crippen LogP contribution in [0.4, 0.5) is 0 Å². The number of hydrogen-bond donors (Lipinski definition) is 0. The third-order valence-corrected chi connectivity index (χ3v) is 4.10. The molecular formula is C21H29NO. The van der Waals surface area contributed by atoms with Crippen molar-refractivity contribution >= 4 is 0 Å². The summed E-state index contributed by atoms with van der Waals surface area (Å²) in [6.45, 7) is 4.02. The second-order valence-electron chi connectivity index (χ2n) is 6.36. The molecule has 0 aliphatic carbocycles. The van der Waals surface area contributed by atoms with Gasteiger partial charge in [0, 0.05) is 0 Å². The number of ether oxygens (including phenoxy) is 1. The van der Waals surface area contributed by atoms with E-state index in [0.717, 1.165) is 38.2 Å². The fourth-order valence-corrected chi connectivity index (χ4v) is 2.82. The Bertz CT molecular complexity index is 565. The van der Waals surface area contributed by atoms with E-state index in [9.17, 15) is 0 Å². The van der Waals surface area contributed by atoms with E-state index in [4.69, 9.17) is 4.74 Å². The first kappa shape index (κ1) is 17.6. The second kappa shape index (κ2) is 9.36. The molecule has 0 saturated carbocycles. The molecule has 2 aromatic carbocycles.